The average molecular weight is 266 g/mol. The van der Waals surface area contributed by atoms with Gasteiger partial charge in [-0.2, -0.15) is 0 Å². The molecule has 1 aromatic rings. The molecule has 0 radical (unpaired) electrons. The van der Waals surface area contributed by atoms with Crippen molar-refractivity contribution < 1.29 is 18.7 Å². The van der Waals surface area contributed by atoms with Crippen LogP contribution in [0, 0.1) is 5.82 Å². The van der Waals surface area contributed by atoms with Crippen LogP contribution in [-0.2, 0) is 9.53 Å². The monoisotopic (exact) mass is 266 g/mol. The van der Waals surface area contributed by atoms with Gasteiger partial charge in [0.25, 0.3) is 5.91 Å². The number of amides is 1. The van der Waals surface area contributed by atoms with Crippen LogP contribution in [0.4, 0.5) is 10.1 Å². The Morgan fingerprint density at radius 3 is 2.89 bits per heavy atom. The summed E-state index contributed by atoms with van der Waals surface area (Å²) in [5, 5.41) is 0. The van der Waals surface area contributed by atoms with Crippen molar-refractivity contribution in [3.05, 3.63) is 29.6 Å². The molecule has 1 unspecified atom stereocenters. The maximum atomic E-state index is 13.7. The lowest BCUT2D eigenvalue weighted by molar-refractivity contribution is -0.145. The number of carbonyl (C=O) groups excluding carboxylic acids is 2. The number of ether oxygens (including phenoxy) is 1. The van der Waals surface area contributed by atoms with Crippen molar-refractivity contribution in [3.63, 3.8) is 0 Å². The molecule has 5 nitrogen and oxygen atoms in total. The Bertz CT molecular complexity index is 519. The summed E-state index contributed by atoms with van der Waals surface area (Å²) in [4.78, 5) is 25.2. The first kappa shape index (κ1) is 13.3. The van der Waals surface area contributed by atoms with Crippen molar-refractivity contribution >= 4 is 17.6 Å². The predicted octanol–water partition coefficient (Wildman–Crippen LogP) is 1.19. The predicted molar refractivity (Wildman–Crippen MR) is 66.9 cm³/mol. The number of anilines is 1. The number of likely N-dealkylation sites (tertiary alicyclic amines) is 1. The number of rotatable bonds is 2. The van der Waals surface area contributed by atoms with Crippen LogP contribution < -0.4 is 5.73 Å². The molecule has 0 aliphatic carbocycles. The molecule has 1 amide bonds. The summed E-state index contributed by atoms with van der Waals surface area (Å²) in [7, 11) is 1.27. The number of carbonyl (C=O) groups is 2. The standard InChI is InChI=1S/C13H15FN2O3/c1-19-13(18)11-3-2-6-16(11)12(17)9-7-8(15)4-5-10(9)14/h4-5,7,11H,2-3,6,15H2,1H3. The molecular weight excluding hydrogens is 251 g/mol. The normalized spacial score (nSPS) is 18.4. The molecule has 1 aromatic carbocycles. The Kier molecular flexibility index (Phi) is 3.69. The summed E-state index contributed by atoms with van der Waals surface area (Å²) in [6, 6.07) is 3.17. The number of nitrogens with zero attached hydrogens (tertiary/aromatic N) is 1. The molecule has 1 fully saturated rings. The van der Waals surface area contributed by atoms with Crippen LogP contribution in [0.5, 0.6) is 0 Å². The fraction of sp³-hybridized carbons (Fsp3) is 0.385. The van der Waals surface area contributed by atoms with Crippen LogP contribution >= 0.6 is 0 Å². The van der Waals surface area contributed by atoms with Crippen LogP contribution in [0.3, 0.4) is 0 Å². The highest BCUT2D eigenvalue weighted by Crippen LogP contribution is 2.23. The molecule has 0 aromatic heterocycles. The molecule has 1 atom stereocenters. The molecule has 6 heteroatoms. The van der Waals surface area contributed by atoms with Gasteiger partial charge in [0.15, 0.2) is 0 Å². The summed E-state index contributed by atoms with van der Waals surface area (Å²) >= 11 is 0. The van der Waals surface area contributed by atoms with Crippen LogP contribution in [0.25, 0.3) is 0 Å². The van der Waals surface area contributed by atoms with E-state index in [1.165, 1.54) is 24.1 Å². The maximum Gasteiger partial charge on any atom is 0.328 e. The molecule has 1 saturated heterocycles. The summed E-state index contributed by atoms with van der Waals surface area (Å²) < 4.78 is 18.3. The fourth-order valence-electron chi connectivity index (χ4n) is 2.25. The van der Waals surface area contributed by atoms with E-state index in [1.807, 2.05) is 0 Å². The molecule has 0 saturated carbocycles. The number of nitrogens with two attached hydrogens (primary N) is 1. The van der Waals surface area contributed by atoms with E-state index in [0.717, 1.165) is 6.07 Å². The zero-order valence-electron chi connectivity index (χ0n) is 10.6. The third-order valence-electron chi connectivity index (χ3n) is 3.21. The van der Waals surface area contributed by atoms with E-state index in [1.54, 1.807) is 0 Å². The van der Waals surface area contributed by atoms with Gasteiger partial charge in [-0.25, -0.2) is 9.18 Å². The third kappa shape index (κ3) is 2.52. The van der Waals surface area contributed by atoms with Crippen molar-refractivity contribution in [3.8, 4) is 0 Å². The molecule has 2 N–H and O–H groups in total. The van der Waals surface area contributed by atoms with E-state index < -0.39 is 23.7 Å². The molecule has 1 aliphatic heterocycles. The van der Waals surface area contributed by atoms with Gasteiger partial charge in [0, 0.05) is 12.2 Å². The second kappa shape index (κ2) is 5.26. The average Bonchev–Trinajstić information content (AvgIpc) is 2.89. The molecule has 102 valence electrons. The highest BCUT2D eigenvalue weighted by atomic mass is 19.1. The van der Waals surface area contributed by atoms with Crippen molar-refractivity contribution in [1.29, 1.82) is 0 Å². The fourth-order valence-corrected chi connectivity index (χ4v) is 2.25. The Balaban J connectivity index is 2.28. The topological polar surface area (TPSA) is 72.6 Å². The first-order valence-electron chi connectivity index (χ1n) is 5.98. The quantitative estimate of drug-likeness (QED) is 0.644. The molecule has 0 spiro atoms. The van der Waals surface area contributed by atoms with E-state index in [9.17, 15) is 14.0 Å². The molecular formula is C13H15FN2O3. The second-order valence-corrected chi connectivity index (χ2v) is 4.42. The van der Waals surface area contributed by atoms with Crippen molar-refractivity contribution in [2.45, 2.75) is 18.9 Å². The lowest BCUT2D eigenvalue weighted by atomic mass is 10.1. The zero-order valence-corrected chi connectivity index (χ0v) is 10.6. The van der Waals surface area contributed by atoms with Crippen molar-refractivity contribution in [2.75, 3.05) is 19.4 Å². The minimum atomic E-state index is -0.644. The number of hydrogen-bond acceptors (Lipinski definition) is 4. The van der Waals surface area contributed by atoms with Crippen LogP contribution in [-0.4, -0.2) is 36.5 Å². The lowest BCUT2D eigenvalue weighted by Crippen LogP contribution is -2.41. The smallest absolute Gasteiger partial charge is 0.328 e. The zero-order chi connectivity index (χ0) is 14.0. The van der Waals surface area contributed by atoms with Gasteiger partial charge in [0.05, 0.1) is 12.7 Å². The van der Waals surface area contributed by atoms with Gasteiger partial charge in [0.2, 0.25) is 0 Å². The first-order valence-corrected chi connectivity index (χ1v) is 5.98. The number of methoxy groups -OCH3 is 1. The SMILES string of the molecule is COC(=O)C1CCCN1C(=O)c1cc(N)ccc1F. The highest BCUT2D eigenvalue weighted by Gasteiger charge is 2.36. The largest absolute Gasteiger partial charge is 0.467 e. The van der Waals surface area contributed by atoms with E-state index in [0.29, 0.717) is 25.1 Å². The molecule has 2 rings (SSSR count). The Morgan fingerprint density at radius 1 is 1.47 bits per heavy atom. The number of benzene rings is 1. The molecule has 0 bridgehead atoms. The Morgan fingerprint density at radius 2 is 2.21 bits per heavy atom. The minimum absolute atomic E-state index is 0.115. The minimum Gasteiger partial charge on any atom is -0.467 e. The molecule has 1 aliphatic rings. The van der Waals surface area contributed by atoms with E-state index in [-0.39, 0.29) is 5.56 Å². The summed E-state index contributed by atoms with van der Waals surface area (Å²) in [5.74, 6) is -1.65. The number of nitrogen functional groups attached to an aromatic ring is 1. The number of halogens is 1. The number of hydrogen-bond donors (Lipinski definition) is 1. The van der Waals surface area contributed by atoms with Crippen LogP contribution in [0.1, 0.15) is 23.2 Å². The van der Waals surface area contributed by atoms with Crippen LogP contribution in [0.15, 0.2) is 18.2 Å². The van der Waals surface area contributed by atoms with Gasteiger partial charge in [-0.15, -0.1) is 0 Å². The first-order chi connectivity index (χ1) is 9.04. The van der Waals surface area contributed by atoms with Crippen molar-refractivity contribution in [2.24, 2.45) is 0 Å². The summed E-state index contributed by atoms with van der Waals surface area (Å²) in [5.41, 5.74) is 5.74. The van der Waals surface area contributed by atoms with Gasteiger partial charge < -0.3 is 15.4 Å². The lowest BCUT2D eigenvalue weighted by Gasteiger charge is -2.23. The van der Waals surface area contributed by atoms with Crippen LogP contribution in [0.2, 0.25) is 0 Å². The summed E-state index contributed by atoms with van der Waals surface area (Å²) in [6.07, 6.45) is 1.22. The maximum absolute atomic E-state index is 13.7. The van der Waals surface area contributed by atoms with E-state index in [4.69, 9.17) is 5.73 Å². The van der Waals surface area contributed by atoms with Crippen molar-refractivity contribution in [1.82, 2.24) is 4.90 Å². The molecule has 19 heavy (non-hydrogen) atoms. The van der Waals surface area contributed by atoms with E-state index >= 15 is 0 Å². The van der Waals surface area contributed by atoms with E-state index in [2.05, 4.69) is 4.74 Å². The summed E-state index contributed by atoms with van der Waals surface area (Å²) in [6.45, 7) is 0.410. The highest BCUT2D eigenvalue weighted by molar-refractivity contribution is 5.98. The third-order valence-corrected chi connectivity index (χ3v) is 3.21. The second-order valence-electron chi connectivity index (χ2n) is 4.42. The Hall–Kier alpha value is -2.11. The Labute approximate surface area is 110 Å². The van der Waals surface area contributed by atoms with Gasteiger partial charge in [-0.05, 0) is 31.0 Å². The van der Waals surface area contributed by atoms with Gasteiger partial charge >= 0.3 is 5.97 Å². The van der Waals surface area contributed by atoms with Gasteiger partial charge in [-0.3, -0.25) is 4.79 Å². The molecule has 1 heterocycles. The van der Waals surface area contributed by atoms with Gasteiger partial charge in [0.1, 0.15) is 11.9 Å². The number of esters is 1. The van der Waals surface area contributed by atoms with Gasteiger partial charge in [-0.1, -0.05) is 0 Å².